The van der Waals surface area contributed by atoms with Crippen LogP contribution < -0.4 is 4.90 Å². The van der Waals surface area contributed by atoms with E-state index in [1.54, 1.807) is 6.08 Å². The molecule has 0 saturated heterocycles. The Hall–Kier alpha value is -2.35. The fraction of sp³-hybridized carbons (Fsp3) is 0.294. The van der Waals surface area contributed by atoms with Crippen molar-refractivity contribution < 1.29 is 23.1 Å². The number of alkyl halides is 3. The molecule has 0 bridgehead atoms. The van der Waals surface area contributed by atoms with Crippen molar-refractivity contribution in [2.24, 2.45) is 0 Å². The molecule has 1 heterocycles. The van der Waals surface area contributed by atoms with Crippen molar-refractivity contribution in [2.45, 2.75) is 20.0 Å². The van der Waals surface area contributed by atoms with Crippen molar-refractivity contribution in [3.63, 3.8) is 0 Å². The summed E-state index contributed by atoms with van der Waals surface area (Å²) in [5.74, 6) is -1.63. The van der Waals surface area contributed by atoms with E-state index in [4.69, 9.17) is 5.11 Å². The topological polar surface area (TPSA) is 53.4 Å². The monoisotopic (exact) mass is 370 g/mol. The molecular weight excluding hydrogens is 353 g/mol. The maximum atomic E-state index is 12.8. The fourth-order valence-electron chi connectivity index (χ4n) is 2.30. The van der Waals surface area contributed by atoms with Crippen LogP contribution in [0.2, 0.25) is 0 Å². The third-order valence-electron chi connectivity index (χ3n) is 3.55. The van der Waals surface area contributed by atoms with Gasteiger partial charge in [-0.3, -0.25) is 0 Å². The summed E-state index contributed by atoms with van der Waals surface area (Å²) >= 11 is 0.503. The van der Waals surface area contributed by atoms with E-state index < -0.39 is 22.7 Å². The van der Waals surface area contributed by atoms with Crippen LogP contribution >= 0.6 is 11.3 Å². The third-order valence-corrected chi connectivity index (χ3v) is 4.56. The highest BCUT2D eigenvalue weighted by Gasteiger charge is 2.39. The van der Waals surface area contributed by atoms with E-state index in [1.807, 2.05) is 24.3 Å². The molecule has 134 valence electrons. The lowest BCUT2D eigenvalue weighted by Crippen LogP contribution is -2.21. The maximum absolute atomic E-state index is 12.8. The molecule has 0 aliphatic rings. The first-order valence-electron chi connectivity index (χ1n) is 7.60. The molecule has 2 rings (SSSR count). The van der Waals surface area contributed by atoms with Crippen molar-refractivity contribution >= 4 is 35.1 Å². The standard InChI is InChI=1S/C17H17F3N2O2S/c1-3-22(4-2)12-8-5-11(6-9-12)7-10-13-21-15(17(18,19)20)14(25-13)16(23)24/h5-10H,3-4H2,1-2H3,(H,23,24)/b10-7+. The van der Waals surface area contributed by atoms with Crippen molar-refractivity contribution in [2.75, 3.05) is 18.0 Å². The number of anilines is 1. The molecule has 0 saturated carbocycles. The van der Waals surface area contributed by atoms with Crippen LogP contribution in [0.4, 0.5) is 18.9 Å². The zero-order valence-corrected chi connectivity index (χ0v) is 14.5. The van der Waals surface area contributed by atoms with Gasteiger partial charge >= 0.3 is 12.1 Å². The van der Waals surface area contributed by atoms with E-state index in [-0.39, 0.29) is 5.01 Å². The number of aromatic nitrogens is 1. The molecule has 1 aromatic carbocycles. The summed E-state index contributed by atoms with van der Waals surface area (Å²) in [6.45, 7) is 5.86. The summed E-state index contributed by atoms with van der Waals surface area (Å²) in [6, 6.07) is 7.55. The minimum atomic E-state index is -4.79. The molecular formula is C17H17F3N2O2S. The summed E-state index contributed by atoms with van der Waals surface area (Å²) in [5, 5.41) is 8.90. The Morgan fingerprint density at radius 2 is 1.80 bits per heavy atom. The number of halogens is 3. The number of carbonyl (C=O) groups is 1. The van der Waals surface area contributed by atoms with E-state index >= 15 is 0 Å². The summed E-state index contributed by atoms with van der Waals surface area (Å²) in [7, 11) is 0. The normalized spacial score (nSPS) is 11.9. The molecule has 0 unspecified atom stereocenters. The Labute approximate surface area is 147 Å². The number of benzene rings is 1. The van der Waals surface area contributed by atoms with Crippen molar-refractivity contribution in [1.29, 1.82) is 0 Å². The van der Waals surface area contributed by atoms with Crippen LogP contribution in [0.3, 0.4) is 0 Å². The number of thiazole rings is 1. The van der Waals surface area contributed by atoms with Gasteiger partial charge < -0.3 is 10.0 Å². The zero-order valence-electron chi connectivity index (χ0n) is 13.7. The second-order valence-electron chi connectivity index (χ2n) is 5.13. The highest BCUT2D eigenvalue weighted by atomic mass is 32.1. The molecule has 0 fully saturated rings. The zero-order chi connectivity index (χ0) is 18.6. The predicted octanol–water partition coefficient (Wildman–Crippen LogP) is 4.88. The quantitative estimate of drug-likeness (QED) is 0.788. The summed E-state index contributed by atoms with van der Waals surface area (Å²) in [4.78, 5) is 15.7. The molecule has 0 aliphatic carbocycles. The maximum Gasteiger partial charge on any atom is 0.435 e. The number of carboxylic acid groups (broad SMARTS) is 1. The summed E-state index contributed by atoms with van der Waals surface area (Å²) < 4.78 is 38.5. The number of carboxylic acids is 1. The average Bonchev–Trinajstić information content (AvgIpc) is 3.00. The van der Waals surface area contributed by atoms with E-state index in [1.165, 1.54) is 6.08 Å². The molecule has 0 spiro atoms. The molecule has 0 amide bonds. The van der Waals surface area contributed by atoms with Gasteiger partial charge in [0, 0.05) is 18.8 Å². The van der Waals surface area contributed by atoms with Gasteiger partial charge in [0.05, 0.1) is 0 Å². The van der Waals surface area contributed by atoms with Crippen molar-refractivity contribution in [3.05, 3.63) is 45.4 Å². The van der Waals surface area contributed by atoms with Gasteiger partial charge in [0.15, 0.2) is 5.69 Å². The van der Waals surface area contributed by atoms with Gasteiger partial charge in [-0.25, -0.2) is 9.78 Å². The fourth-order valence-corrected chi connectivity index (χ4v) is 3.13. The average molecular weight is 370 g/mol. The minimum absolute atomic E-state index is 0.00227. The number of nitrogens with zero attached hydrogens (tertiary/aromatic N) is 2. The van der Waals surface area contributed by atoms with Crippen LogP contribution in [0.5, 0.6) is 0 Å². The molecule has 4 nitrogen and oxygen atoms in total. The number of rotatable bonds is 6. The van der Waals surface area contributed by atoms with Crippen LogP contribution in [0.15, 0.2) is 24.3 Å². The van der Waals surface area contributed by atoms with Gasteiger partial charge in [0.2, 0.25) is 0 Å². The lowest BCUT2D eigenvalue weighted by Gasteiger charge is -2.20. The number of hydrogen-bond acceptors (Lipinski definition) is 4. The van der Waals surface area contributed by atoms with E-state index in [0.717, 1.165) is 24.3 Å². The minimum Gasteiger partial charge on any atom is -0.477 e. The van der Waals surface area contributed by atoms with Crippen molar-refractivity contribution in [3.8, 4) is 0 Å². The van der Waals surface area contributed by atoms with E-state index in [9.17, 15) is 18.0 Å². The molecule has 0 aliphatic heterocycles. The van der Waals surface area contributed by atoms with Gasteiger partial charge in [-0.15, -0.1) is 11.3 Å². The highest BCUT2D eigenvalue weighted by molar-refractivity contribution is 7.14. The molecule has 0 atom stereocenters. The molecule has 8 heteroatoms. The van der Waals surface area contributed by atoms with E-state index in [0.29, 0.717) is 11.3 Å². The van der Waals surface area contributed by atoms with Gasteiger partial charge in [0.1, 0.15) is 9.88 Å². The smallest absolute Gasteiger partial charge is 0.435 e. The largest absolute Gasteiger partial charge is 0.477 e. The van der Waals surface area contributed by atoms with Crippen LogP contribution in [0, 0.1) is 0 Å². The lowest BCUT2D eigenvalue weighted by atomic mass is 10.2. The molecule has 0 radical (unpaired) electrons. The number of aromatic carboxylic acids is 1. The van der Waals surface area contributed by atoms with Gasteiger partial charge in [-0.2, -0.15) is 13.2 Å². The van der Waals surface area contributed by atoms with Crippen LogP contribution in [0.1, 0.15) is 39.8 Å². The van der Waals surface area contributed by atoms with Crippen LogP contribution in [-0.2, 0) is 6.18 Å². The lowest BCUT2D eigenvalue weighted by molar-refractivity contribution is -0.141. The Morgan fingerprint density at radius 3 is 2.24 bits per heavy atom. The Kier molecular flexibility index (Phi) is 5.84. The van der Waals surface area contributed by atoms with Gasteiger partial charge in [-0.05, 0) is 37.6 Å². The summed E-state index contributed by atoms with van der Waals surface area (Å²) in [6.07, 6.45) is -1.79. The van der Waals surface area contributed by atoms with Gasteiger partial charge in [0.25, 0.3) is 0 Å². The summed E-state index contributed by atoms with van der Waals surface area (Å²) in [5.41, 5.74) is 0.488. The molecule has 1 aromatic heterocycles. The van der Waals surface area contributed by atoms with Crippen molar-refractivity contribution in [1.82, 2.24) is 4.98 Å². The van der Waals surface area contributed by atoms with Gasteiger partial charge in [-0.1, -0.05) is 18.2 Å². The van der Waals surface area contributed by atoms with E-state index in [2.05, 4.69) is 23.7 Å². The Balaban J connectivity index is 2.23. The Bertz CT molecular complexity index is 763. The third kappa shape index (κ3) is 4.60. The molecule has 25 heavy (non-hydrogen) atoms. The second kappa shape index (κ2) is 7.69. The molecule has 1 N–H and O–H groups in total. The van der Waals surface area contributed by atoms with Crippen LogP contribution in [0.25, 0.3) is 12.2 Å². The predicted molar refractivity (Wildman–Crippen MR) is 93.0 cm³/mol. The first-order valence-corrected chi connectivity index (χ1v) is 8.42. The Morgan fingerprint density at radius 1 is 1.20 bits per heavy atom. The SMILES string of the molecule is CCN(CC)c1ccc(/C=C/c2nc(C(F)(F)F)c(C(=O)O)s2)cc1. The van der Waals surface area contributed by atoms with Crippen LogP contribution in [-0.4, -0.2) is 29.1 Å². The molecule has 2 aromatic rings. The number of hydrogen-bond donors (Lipinski definition) is 1. The first-order chi connectivity index (χ1) is 11.8. The first kappa shape index (κ1) is 19.0. The highest BCUT2D eigenvalue weighted by Crippen LogP contribution is 2.34. The second-order valence-corrected chi connectivity index (χ2v) is 6.16.